The zero-order chi connectivity index (χ0) is 14.8. The van der Waals surface area contributed by atoms with Gasteiger partial charge in [-0.15, -0.1) is 11.6 Å². The molecule has 21 heavy (non-hydrogen) atoms. The van der Waals surface area contributed by atoms with E-state index in [9.17, 15) is 4.79 Å². The normalized spacial score (nSPS) is 12.5. The highest BCUT2D eigenvalue weighted by molar-refractivity contribution is 6.22. The lowest BCUT2D eigenvalue weighted by Crippen LogP contribution is -2.11. The summed E-state index contributed by atoms with van der Waals surface area (Å²) >= 11 is 6.56. The maximum atomic E-state index is 11.8. The Kier molecular flexibility index (Phi) is 3.80. The summed E-state index contributed by atoms with van der Waals surface area (Å²) in [5.74, 6) is 0. The van der Waals surface area contributed by atoms with Crippen LogP contribution in [-0.4, -0.2) is 4.98 Å². The fourth-order valence-corrected chi connectivity index (χ4v) is 2.79. The van der Waals surface area contributed by atoms with Gasteiger partial charge in [0.05, 0.1) is 5.38 Å². The topological polar surface area (TPSA) is 32.9 Å². The summed E-state index contributed by atoms with van der Waals surface area (Å²) in [6.07, 6.45) is 0.721. The quantitative estimate of drug-likeness (QED) is 0.713. The van der Waals surface area contributed by atoms with Crippen molar-refractivity contribution in [2.24, 2.45) is 0 Å². The van der Waals surface area contributed by atoms with Crippen LogP contribution in [0.3, 0.4) is 0 Å². The van der Waals surface area contributed by atoms with E-state index in [1.807, 2.05) is 55.5 Å². The standard InChI is InChI=1S/C18H16ClNO/c1-2-12-10-15-11-14(8-9-16(15)20-18(12)21)17(19)13-6-4-3-5-7-13/h3-11,17H,2H2,1H3,(H,20,21). The lowest BCUT2D eigenvalue weighted by Gasteiger charge is -2.11. The third-order valence-electron chi connectivity index (χ3n) is 3.71. The van der Waals surface area contributed by atoms with E-state index >= 15 is 0 Å². The molecule has 0 fully saturated rings. The number of hydrogen-bond donors (Lipinski definition) is 1. The monoisotopic (exact) mass is 297 g/mol. The molecule has 1 heterocycles. The molecule has 0 amide bonds. The van der Waals surface area contributed by atoms with Crippen LogP contribution in [-0.2, 0) is 6.42 Å². The number of alkyl halides is 1. The fourth-order valence-electron chi connectivity index (χ4n) is 2.51. The first-order valence-electron chi connectivity index (χ1n) is 7.04. The molecule has 1 atom stereocenters. The summed E-state index contributed by atoms with van der Waals surface area (Å²) in [6, 6.07) is 17.9. The van der Waals surface area contributed by atoms with Crippen molar-refractivity contribution < 1.29 is 0 Å². The van der Waals surface area contributed by atoms with Crippen molar-refractivity contribution in [3.05, 3.63) is 81.6 Å². The molecule has 1 aromatic heterocycles. The molecule has 0 aliphatic rings. The number of aromatic nitrogens is 1. The Labute approximate surface area is 128 Å². The Bertz CT molecular complexity index is 823. The average molecular weight is 298 g/mol. The van der Waals surface area contributed by atoms with E-state index in [-0.39, 0.29) is 10.9 Å². The molecule has 0 radical (unpaired) electrons. The summed E-state index contributed by atoms with van der Waals surface area (Å²) in [5.41, 5.74) is 3.73. The summed E-state index contributed by atoms with van der Waals surface area (Å²) in [4.78, 5) is 14.7. The second-order valence-electron chi connectivity index (χ2n) is 5.10. The van der Waals surface area contributed by atoms with Crippen LogP contribution in [0.1, 0.15) is 29.0 Å². The number of aryl methyl sites for hydroxylation is 1. The first kappa shape index (κ1) is 13.9. The van der Waals surface area contributed by atoms with E-state index in [0.717, 1.165) is 34.0 Å². The molecule has 0 spiro atoms. The van der Waals surface area contributed by atoms with Gasteiger partial charge in [-0.3, -0.25) is 4.79 Å². The van der Waals surface area contributed by atoms with Gasteiger partial charge in [-0.1, -0.05) is 43.3 Å². The van der Waals surface area contributed by atoms with Gasteiger partial charge in [-0.2, -0.15) is 0 Å². The number of nitrogens with one attached hydrogen (secondary N) is 1. The third kappa shape index (κ3) is 2.72. The maximum Gasteiger partial charge on any atom is 0.251 e. The third-order valence-corrected chi connectivity index (χ3v) is 4.21. The van der Waals surface area contributed by atoms with Crippen molar-refractivity contribution in [2.45, 2.75) is 18.7 Å². The largest absolute Gasteiger partial charge is 0.322 e. The first-order chi connectivity index (χ1) is 10.2. The van der Waals surface area contributed by atoms with Crippen molar-refractivity contribution >= 4 is 22.5 Å². The second kappa shape index (κ2) is 5.74. The van der Waals surface area contributed by atoms with Crippen LogP contribution in [0.25, 0.3) is 10.9 Å². The lowest BCUT2D eigenvalue weighted by atomic mass is 10.0. The molecule has 0 aliphatic carbocycles. The molecule has 3 aromatic rings. The molecule has 0 aliphatic heterocycles. The van der Waals surface area contributed by atoms with E-state index in [1.54, 1.807) is 0 Å². The smallest absolute Gasteiger partial charge is 0.251 e. The summed E-state index contributed by atoms with van der Waals surface area (Å²) in [7, 11) is 0. The van der Waals surface area contributed by atoms with Gasteiger partial charge in [-0.05, 0) is 41.1 Å². The number of H-pyrrole nitrogens is 1. The van der Waals surface area contributed by atoms with Crippen LogP contribution < -0.4 is 5.56 Å². The Balaban J connectivity index is 2.08. The fraction of sp³-hybridized carbons (Fsp3) is 0.167. The van der Waals surface area contributed by atoms with Gasteiger partial charge < -0.3 is 4.98 Å². The number of fused-ring (bicyclic) bond motifs is 1. The Morgan fingerprint density at radius 2 is 1.81 bits per heavy atom. The molecule has 2 nitrogen and oxygen atoms in total. The molecule has 0 saturated carbocycles. The van der Waals surface area contributed by atoms with Crippen molar-refractivity contribution in [1.29, 1.82) is 0 Å². The van der Waals surface area contributed by atoms with E-state index in [1.165, 1.54) is 0 Å². The minimum atomic E-state index is -0.187. The number of pyridine rings is 1. The van der Waals surface area contributed by atoms with E-state index in [4.69, 9.17) is 11.6 Å². The van der Waals surface area contributed by atoms with Gasteiger partial charge in [0.25, 0.3) is 5.56 Å². The second-order valence-corrected chi connectivity index (χ2v) is 5.53. The Hall–Kier alpha value is -2.06. The van der Waals surface area contributed by atoms with Gasteiger partial charge >= 0.3 is 0 Å². The number of benzene rings is 2. The number of halogens is 1. The number of rotatable bonds is 3. The summed E-state index contributed by atoms with van der Waals surface area (Å²) < 4.78 is 0. The molecule has 0 saturated heterocycles. The van der Waals surface area contributed by atoms with Gasteiger partial charge in [0.1, 0.15) is 0 Å². The van der Waals surface area contributed by atoms with E-state index in [0.29, 0.717) is 0 Å². The van der Waals surface area contributed by atoms with Crippen LogP contribution in [0.5, 0.6) is 0 Å². The minimum absolute atomic E-state index is 0.0109. The molecule has 0 bridgehead atoms. The van der Waals surface area contributed by atoms with Crippen molar-refractivity contribution in [3.8, 4) is 0 Å². The van der Waals surface area contributed by atoms with Crippen molar-refractivity contribution in [2.75, 3.05) is 0 Å². The molecule has 3 rings (SSSR count). The maximum absolute atomic E-state index is 11.8. The minimum Gasteiger partial charge on any atom is -0.322 e. The van der Waals surface area contributed by atoms with E-state index in [2.05, 4.69) is 11.1 Å². The summed E-state index contributed by atoms with van der Waals surface area (Å²) in [5, 5.41) is 0.832. The average Bonchev–Trinajstić information content (AvgIpc) is 2.54. The van der Waals surface area contributed by atoms with Crippen molar-refractivity contribution in [3.63, 3.8) is 0 Å². The number of aromatic amines is 1. The molecule has 1 unspecified atom stereocenters. The van der Waals surface area contributed by atoms with Crippen LogP contribution in [0, 0.1) is 0 Å². The Morgan fingerprint density at radius 1 is 1.05 bits per heavy atom. The van der Waals surface area contributed by atoms with Gasteiger partial charge in [0.15, 0.2) is 0 Å². The van der Waals surface area contributed by atoms with Gasteiger partial charge in [-0.25, -0.2) is 0 Å². The zero-order valence-electron chi connectivity index (χ0n) is 11.8. The molecule has 1 N–H and O–H groups in total. The highest BCUT2D eigenvalue weighted by Gasteiger charge is 2.11. The van der Waals surface area contributed by atoms with Crippen LogP contribution >= 0.6 is 11.6 Å². The van der Waals surface area contributed by atoms with Crippen LogP contribution in [0.4, 0.5) is 0 Å². The first-order valence-corrected chi connectivity index (χ1v) is 7.47. The Morgan fingerprint density at radius 3 is 2.52 bits per heavy atom. The molecule has 2 aromatic carbocycles. The highest BCUT2D eigenvalue weighted by Crippen LogP contribution is 2.30. The molecular formula is C18H16ClNO. The van der Waals surface area contributed by atoms with Gasteiger partial charge in [0.2, 0.25) is 0 Å². The predicted octanol–water partition coefficient (Wildman–Crippen LogP) is 4.42. The van der Waals surface area contributed by atoms with Crippen LogP contribution in [0.2, 0.25) is 0 Å². The number of hydrogen-bond acceptors (Lipinski definition) is 1. The zero-order valence-corrected chi connectivity index (χ0v) is 12.5. The molecule has 106 valence electrons. The van der Waals surface area contributed by atoms with E-state index < -0.39 is 0 Å². The lowest BCUT2D eigenvalue weighted by molar-refractivity contribution is 1.08. The van der Waals surface area contributed by atoms with Crippen molar-refractivity contribution in [1.82, 2.24) is 4.98 Å². The molecular weight excluding hydrogens is 282 g/mol. The SMILES string of the molecule is CCc1cc2cc(C(Cl)c3ccccc3)ccc2[nH]c1=O. The summed E-state index contributed by atoms with van der Waals surface area (Å²) in [6.45, 7) is 1.98. The predicted molar refractivity (Wildman–Crippen MR) is 88.1 cm³/mol. The van der Waals surface area contributed by atoms with Crippen LogP contribution in [0.15, 0.2) is 59.4 Å². The highest BCUT2D eigenvalue weighted by atomic mass is 35.5. The molecule has 3 heteroatoms. The van der Waals surface area contributed by atoms with Gasteiger partial charge in [0, 0.05) is 11.1 Å².